The Bertz CT molecular complexity index is 6100. The molecule has 0 bridgehead atoms. The summed E-state index contributed by atoms with van der Waals surface area (Å²) in [6, 6.07) is 109. The minimum atomic E-state index is 0.0685. The third-order valence-corrected chi connectivity index (χ3v) is 20.8. The minimum Gasteiger partial charge on any atom is -0.455 e. The zero-order valence-corrected chi connectivity index (χ0v) is 56.5. The van der Waals surface area contributed by atoms with Crippen LogP contribution in [0.15, 0.2) is 321 Å². The van der Waals surface area contributed by atoms with E-state index in [1.807, 2.05) is 12.1 Å². The Morgan fingerprint density at radius 2 is 0.390 bits per heavy atom. The molecule has 0 saturated carbocycles. The van der Waals surface area contributed by atoms with Gasteiger partial charge in [0.05, 0.1) is 0 Å². The second-order valence-electron chi connectivity index (χ2n) is 28.9. The Kier molecular flexibility index (Phi) is 13.4. The molecular weight excluding hydrogens is 1220 g/mol. The van der Waals surface area contributed by atoms with E-state index in [2.05, 4.69) is 333 Å². The summed E-state index contributed by atoms with van der Waals surface area (Å²) in [6.45, 7) is 13.5. The van der Waals surface area contributed by atoms with Crippen molar-refractivity contribution in [2.24, 2.45) is 0 Å². The molecule has 0 unspecified atom stereocenters. The van der Waals surface area contributed by atoms with Gasteiger partial charge in [0.25, 0.3) is 0 Å². The first-order valence-electron chi connectivity index (χ1n) is 34.7. The van der Waals surface area contributed by atoms with Crippen LogP contribution in [-0.4, -0.2) is 0 Å². The van der Waals surface area contributed by atoms with Gasteiger partial charge in [-0.3, -0.25) is 0 Å². The number of hydrogen-bond donors (Lipinski definition) is 0. The Balaban J connectivity index is 0.000000141. The van der Waals surface area contributed by atoms with E-state index in [4.69, 9.17) is 17.7 Å². The highest BCUT2D eigenvalue weighted by atomic mass is 16.3. The van der Waals surface area contributed by atoms with E-state index in [-0.39, 0.29) is 10.8 Å². The van der Waals surface area contributed by atoms with Gasteiger partial charge in [-0.2, -0.15) is 0 Å². The fourth-order valence-electron chi connectivity index (χ4n) is 15.9. The Morgan fingerprint density at radius 1 is 0.190 bits per heavy atom. The van der Waals surface area contributed by atoms with Crippen LogP contribution in [0.25, 0.3) is 198 Å². The van der Waals surface area contributed by atoms with Crippen LogP contribution in [0.4, 0.5) is 0 Å². The first-order chi connectivity index (χ1) is 48.9. The van der Waals surface area contributed by atoms with E-state index in [0.717, 1.165) is 155 Å². The molecule has 20 rings (SSSR count). The number of hydrogen-bond acceptors (Lipinski definition) is 4. The molecule has 0 atom stereocenters. The van der Waals surface area contributed by atoms with E-state index in [9.17, 15) is 0 Å². The van der Waals surface area contributed by atoms with Gasteiger partial charge in [-0.25, -0.2) is 0 Å². The summed E-state index contributed by atoms with van der Waals surface area (Å²) in [4.78, 5) is 0. The second kappa shape index (κ2) is 22.7. The maximum atomic E-state index is 7.06. The van der Waals surface area contributed by atoms with Crippen LogP contribution in [0.2, 0.25) is 0 Å². The van der Waals surface area contributed by atoms with Crippen LogP contribution in [0.3, 0.4) is 0 Å². The molecule has 4 nitrogen and oxygen atoms in total. The molecule has 0 fully saturated rings. The Morgan fingerprint density at radius 3 is 0.600 bits per heavy atom. The van der Waals surface area contributed by atoms with Gasteiger partial charge in [0, 0.05) is 109 Å². The van der Waals surface area contributed by atoms with E-state index in [1.54, 1.807) is 0 Å². The average Bonchev–Trinajstić information content (AvgIpc) is 1.52. The predicted molar refractivity (Wildman–Crippen MR) is 420 cm³/mol. The van der Waals surface area contributed by atoms with Gasteiger partial charge in [0.2, 0.25) is 0 Å². The van der Waals surface area contributed by atoms with Crippen molar-refractivity contribution in [1.29, 1.82) is 0 Å². The molecule has 0 saturated heterocycles. The maximum Gasteiger partial charge on any atom is 0.143 e. The van der Waals surface area contributed by atoms with Gasteiger partial charge in [-0.05, 0) is 114 Å². The van der Waals surface area contributed by atoms with Gasteiger partial charge in [0.15, 0.2) is 0 Å². The normalized spacial score (nSPS) is 12.3. The van der Waals surface area contributed by atoms with Crippen LogP contribution >= 0.6 is 0 Å². The number of rotatable bonds is 8. The molecular formula is C96H68O4. The third kappa shape index (κ3) is 9.42. The zero-order chi connectivity index (χ0) is 67.1. The number of furan rings is 4. The molecule has 4 aromatic heterocycles. The third-order valence-electron chi connectivity index (χ3n) is 20.8. The average molecular weight is 1290 g/mol. The first-order valence-corrected chi connectivity index (χ1v) is 34.7. The fourth-order valence-corrected chi connectivity index (χ4v) is 15.9. The summed E-state index contributed by atoms with van der Waals surface area (Å²) in [5.74, 6) is 3.58. The zero-order valence-electron chi connectivity index (χ0n) is 56.5. The molecule has 0 spiro atoms. The first kappa shape index (κ1) is 59.1. The topological polar surface area (TPSA) is 52.6 Å². The van der Waals surface area contributed by atoms with E-state index in [1.165, 1.54) is 54.2 Å². The lowest BCUT2D eigenvalue weighted by atomic mass is 9.86. The molecule has 20 aromatic rings. The van der Waals surface area contributed by atoms with Crippen LogP contribution in [0, 0.1) is 0 Å². The van der Waals surface area contributed by atoms with Crippen molar-refractivity contribution < 1.29 is 17.7 Å². The lowest BCUT2D eigenvalue weighted by Gasteiger charge is -2.19. The van der Waals surface area contributed by atoms with Gasteiger partial charge in [-0.15, -0.1) is 0 Å². The Hall–Kier alpha value is -12.2. The van der Waals surface area contributed by atoms with Crippen molar-refractivity contribution in [3.63, 3.8) is 0 Å². The van der Waals surface area contributed by atoms with E-state index in [0.29, 0.717) is 0 Å². The molecule has 4 heterocycles. The van der Waals surface area contributed by atoms with Crippen molar-refractivity contribution in [3.8, 4) is 89.8 Å². The lowest BCUT2D eigenvalue weighted by Crippen LogP contribution is -2.10. The predicted octanol–water partition coefficient (Wildman–Crippen LogP) is 28.1. The molecule has 0 aliphatic heterocycles. The van der Waals surface area contributed by atoms with Crippen LogP contribution < -0.4 is 0 Å². The summed E-state index contributed by atoms with van der Waals surface area (Å²) in [6.07, 6.45) is 0. The van der Waals surface area contributed by atoms with Crippen molar-refractivity contribution in [1.82, 2.24) is 0 Å². The van der Waals surface area contributed by atoms with Crippen LogP contribution in [0.1, 0.15) is 52.7 Å². The lowest BCUT2D eigenvalue weighted by molar-refractivity contribution is 0.589. The SMILES string of the molecule is CC(C)(C)c1ccc(-c2oc3c(cc4ccc5c6oc(-c7ccc(C(C)(C)C)cc7)c(-c7ccccc7)c6cc6ccc3c4c65)c2-c2ccccc2)cc1.c1ccc(-c2oc3c(cc4ccc5c6oc(-c7ccccc7)c(-c7ccccc7)c6cc6ccc3c4c65)c2-c2ccccc2)cc1. The highest BCUT2D eigenvalue weighted by molar-refractivity contribution is 6.35. The Labute approximate surface area is 579 Å². The highest BCUT2D eigenvalue weighted by Gasteiger charge is 2.29. The number of benzene rings is 16. The van der Waals surface area contributed by atoms with Crippen molar-refractivity contribution in [2.75, 3.05) is 0 Å². The molecule has 0 amide bonds. The largest absolute Gasteiger partial charge is 0.455 e. The summed E-state index contributed by atoms with van der Waals surface area (Å²) >= 11 is 0. The molecule has 0 N–H and O–H groups in total. The monoisotopic (exact) mass is 1280 g/mol. The van der Waals surface area contributed by atoms with Crippen LogP contribution in [-0.2, 0) is 10.8 Å². The van der Waals surface area contributed by atoms with Crippen molar-refractivity contribution in [2.45, 2.75) is 52.4 Å². The van der Waals surface area contributed by atoms with Crippen molar-refractivity contribution in [3.05, 3.63) is 314 Å². The molecule has 476 valence electrons. The fraction of sp³-hybridized carbons (Fsp3) is 0.0833. The van der Waals surface area contributed by atoms with Gasteiger partial charge >= 0.3 is 0 Å². The standard InChI is InChI=1S/C52H42O2.C44H26O2/c1-51(2,3)37-23-17-33(18-24-37)47-45(31-13-9-7-10-14-31)41-29-35-22-28-40-44-36(21-27-39(43(35)44)49(41)53-47)30-42-46(32-15-11-8-12-16-32)48(54-50(40)42)34-19-25-38(26-20-34)52(4,5)6;1-5-13-27(14-6-1)39-35-25-31-21-24-34-38-32(22-23-33(37(31)38)43(35)45-41(39)29-17-9-3-10-18-29)26-36-40(28-15-7-2-8-16-28)42(46-44(34)36)30-19-11-4-12-20-30/h7-30H,1-6H3;1-26H. The summed E-state index contributed by atoms with van der Waals surface area (Å²) in [5.41, 5.74) is 19.8. The molecule has 100 heavy (non-hydrogen) atoms. The quantitative estimate of drug-likeness (QED) is 0.142. The van der Waals surface area contributed by atoms with Gasteiger partial charge in [-0.1, -0.05) is 296 Å². The maximum absolute atomic E-state index is 7.06. The molecule has 4 heteroatoms. The molecule has 0 radical (unpaired) electrons. The van der Waals surface area contributed by atoms with Gasteiger partial charge in [0.1, 0.15) is 45.4 Å². The molecule has 0 aliphatic rings. The minimum absolute atomic E-state index is 0.0685. The smallest absolute Gasteiger partial charge is 0.143 e. The van der Waals surface area contributed by atoms with Crippen molar-refractivity contribution >= 4 is 109 Å². The molecule has 16 aromatic carbocycles. The van der Waals surface area contributed by atoms with Gasteiger partial charge < -0.3 is 17.7 Å². The summed E-state index contributed by atoms with van der Waals surface area (Å²) in [7, 11) is 0. The molecule has 0 aliphatic carbocycles. The van der Waals surface area contributed by atoms with E-state index < -0.39 is 0 Å². The summed E-state index contributed by atoms with van der Waals surface area (Å²) in [5, 5.41) is 18.5. The highest BCUT2D eigenvalue weighted by Crippen LogP contribution is 2.53. The summed E-state index contributed by atoms with van der Waals surface area (Å²) < 4.78 is 27.9. The van der Waals surface area contributed by atoms with Crippen LogP contribution in [0.5, 0.6) is 0 Å². The number of fused-ring (bicyclic) bond motifs is 8. The van der Waals surface area contributed by atoms with E-state index >= 15 is 0 Å². The second-order valence-corrected chi connectivity index (χ2v) is 28.9.